The summed E-state index contributed by atoms with van der Waals surface area (Å²) in [5.41, 5.74) is 11.2. The van der Waals surface area contributed by atoms with E-state index in [-0.39, 0.29) is 6.04 Å². The average molecular weight is 188 g/mol. The van der Waals surface area contributed by atoms with Crippen molar-refractivity contribution < 1.29 is 0 Å². The molecule has 0 aromatic carbocycles. The van der Waals surface area contributed by atoms with Gasteiger partial charge in [-0.05, 0) is 18.4 Å². The van der Waals surface area contributed by atoms with E-state index in [1.165, 1.54) is 9.09 Å². The third kappa shape index (κ3) is 2.20. The summed E-state index contributed by atoms with van der Waals surface area (Å²) in [6.45, 7) is 0.522. The third-order valence-electron chi connectivity index (χ3n) is 1.42. The van der Waals surface area contributed by atoms with Crippen LogP contribution in [0.1, 0.15) is 10.9 Å². The molecular weight excluding hydrogens is 176 g/mol. The number of thioether (sulfide) groups is 1. The van der Waals surface area contributed by atoms with Crippen molar-refractivity contribution in [3.05, 3.63) is 17.0 Å². The Morgan fingerprint density at radius 3 is 2.82 bits per heavy atom. The van der Waals surface area contributed by atoms with Gasteiger partial charge in [0.15, 0.2) is 0 Å². The molecule has 62 valence electrons. The molecule has 1 unspecified atom stereocenters. The summed E-state index contributed by atoms with van der Waals surface area (Å²) in [5.74, 6) is 0. The predicted molar refractivity (Wildman–Crippen MR) is 52.1 cm³/mol. The highest BCUT2D eigenvalue weighted by molar-refractivity contribution is 8.00. The molecule has 0 fully saturated rings. The van der Waals surface area contributed by atoms with Crippen molar-refractivity contribution in [2.24, 2.45) is 11.5 Å². The van der Waals surface area contributed by atoms with E-state index in [0.717, 1.165) is 0 Å². The van der Waals surface area contributed by atoms with Crippen molar-refractivity contribution in [2.75, 3.05) is 12.8 Å². The van der Waals surface area contributed by atoms with Gasteiger partial charge in [0, 0.05) is 11.4 Å². The van der Waals surface area contributed by atoms with E-state index in [4.69, 9.17) is 11.5 Å². The number of thiophene rings is 1. The molecule has 1 heterocycles. The molecule has 0 amide bonds. The standard InChI is InChI=1S/C7H12N2S2/c1-10-7-3-2-6(11-7)5(9)4-8/h2-3,5H,4,8-9H2,1H3. The lowest BCUT2D eigenvalue weighted by Gasteiger charge is -2.03. The molecule has 0 saturated carbocycles. The number of hydrogen-bond acceptors (Lipinski definition) is 4. The van der Waals surface area contributed by atoms with E-state index >= 15 is 0 Å². The quantitative estimate of drug-likeness (QED) is 0.706. The molecule has 4 heteroatoms. The number of rotatable bonds is 3. The second-order valence-corrected chi connectivity index (χ2v) is 4.42. The topological polar surface area (TPSA) is 52.0 Å². The second-order valence-electron chi connectivity index (χ2n) is 2.20. The Morgan fingerprint density at radius 1 is 1.64 bits per heavy atom. The molecule has 0 radical (unpaired) electrons. The first-order chi connectivity index (χ1) is 5.27. The molecule has 0 spiro atoms. The van der Waals surface area contributed by atoms with E-state index in [0.29, 0.717) is 6.54 Å². The summed E-state index contributed by atoms with van der Waals surface area (Å²) in [6.07, 6.45) is 2.06. The maximum Gasteiger partial charge on any atom is 0.0599 e. The third-order valence-corrected chi connectivity index (χ3v) is 3.72. The van der Waals surface area contributed by atoms with Crippen LogP contribution in [-0.2, 0) is 0 Å². The van der Waals surface area contributed by atoms with E-state index in [1.807, 2.05) is 6.07 Å². The molecule has 0 aliphatic heterocycles. The van der Waals surface area contributed by atoms with E-state index in [1.54, 1.807) is 23.1 Å². The summed E-state index contributed by atoms with van der Waals surface area (Å²) in [4.78, 5) is 1.18. The lowest BCUT2D eigenvalue weighted by atomic mass is 10.3. The number of hydrogen-bond donors (Lipinski definition) is 2. The van der Waals surface area contributed by atoms with Crippen molar-refractivity contribution >= 4 is 23.1 Å². The monoisotopic (exact) mass is 188 g/mol. The van der Waals surface area contributed by atoms with Gasteiger partial charge in [-0.3, -0.25) is 0 Å². The highest BCUT2D eigenvalue weighted by Gasteiger charge is 2.05. The van der Waals surface area contributed by atoms with E-state index < -0.39 is 0 Å². The fourth-order valence-electron chi connectivity index (χ4n) is 0.760. The van der Waals surface area contributed by atoms with Crippen LogP contribution in [0, 0.1) is 0 Å². The molecule has 0 saturated heterocycles. The Hall–Kier alpha value is -0.0300. The first-order valence-corrected chi connectivity index (χ1v) is 5.41. The summed E-state index contributed by atoms with van der Waals surface area (Å²) < 4.78 is 1.30. The minimum absolute atomic E-state index is 0.0147. The Balaban J connectivity index is 2.71. The summed E-state index contributed by atoms with van der Waals surface area (Å²) in [6, 6.07) is 4.15. The predicted octanol–water partition coefficient (Wildman–Crippen LogP) is 1.43. The van der Waals surface area contributed by atoms with Crippen LogP contribution in [0.5, 0.6) is 0 Å². The highest BCUT2D eigenvalue weighted by Crippen LogP contribution is 2.27. The summed E-state index contributed by atoms with van der Waals surface area (Å²) in [7, 11) is 0. The maximum atomic E-state index is 5.74. The lowest BCUT2D eigenvalue weighted by molar-refractivity contribution is 0.752. The molecule has 1 rings (SSSR count). The zero-order valence-electron chi connectivity index (χ0n) is 6.41. The van der Waals surface area contributed by atoms with Crippen LogP contribution in [0.25, 0.3) is 0 Å². The molecule has 2 nitrogen and oxygen atoms in total. The normalized spacial score (nSPS) is 13.4. The Morgan fingerprint density at radius 2 is 2.36 bits per heavy atom. The second kappa shape index (κ2) is 4.11. The van der Waals surface area contributed by atoms with Gasteiger partial charge in [0.2, 0.25) is 0 Å². The van der Waals surface area contributed by atoms with Gasteiger partial charge in [0.05, 0.1) is 10.3 Å². The van der Waals surface area contributed by atoms with Gasteiger partial charge < -0.3 is 11.5 Å². The molecule has 11 heavy (non-hydrogen) atoms. The van der Waals surface area contributed by atoms with Gasteiger partial charge in [0.25, 0.3) is 0 Å². The summed E-state index contributed by atoms with van der Waals surface area (Å²) >= 11 is 3.46. The Kier molecular flexibility index (Phi) is 3.39. The first-order valence-electron chi connectivity index (χ1n) is 3.37. The molecule has 1 aromatic heterocycles. The molecule has 1 atom stereocenters. The molecule has 4 N–H and O–H groups in total. The van der Waals surface area contributed by atoms with Crippen LogP contribution in [0.3, 0.4) is 0 Å². The van der Waals surface area contributed by atoms with Crippen molar-refractivity contribution in [3.8, 4) is 0 Å². The van der Waals surface area contributed by atoms with Gasteiger partial charge in [-0.15, -0.1) is 23.1 Å². The SMILES string of the molecule is CSc1ccc(C(N)CN)s1. The fourth-order valence-corrected chi connectivity index (χ4v) is 2.34. The van der Waals surface area contributed by atoms with Gasteiger partial charge >= 0.3 is 0 Å². The van der Waals surface area contributed by atoms with E-state index in [9.17, 15) is 0 Å². The molecule has 0 aliphatic rings. The van der Waals surface area contributed by atoms with Crippen LogP contribution in [0.15, 0.2) is 16.3 Å². The first kappa shape index (κ1) is 9.06. The van der Waals surface area contributed by atoms with Crippen LogP contribution >= 0.6 is 23.1 Å². The largest absolute Gasteiger partial charge is 0.329 e. The van der Waals surface area contributed by atoms with Crippen LogP contribution in [-0.4, -0.2) is 12.8 Å². The van der Waals surface area contributed by atoms with Crippen molar-refractivity contribution in [3.63, 3.8) is 0 Å². The highest BCUT2D eigenvalue weighted by atomic mass is 32.2. The smallest absolute Gasteiger partial charge is 0.0599 e. The van der Waals surface area contributed by atoms with Gasteiger partial charge in [-0.2, -0.15) is 0 Å². The molecular formula is C7H12N2S2. The van der Waals surface area contributed by atoms with Crippen molar-refractivity contribution in [1.29, 1.82) is 0 Å². The number of nitrogens with two attached hydrogens (primary N) is 2. The minimum atomic E-state index is 0.0147. The van der Waals surface area contributed by atoms with Crippen molar-refractivity contribution in [1.82, 2.24) is 0 Å². The minimum Gasteiger partial charge on any atom is -0.329 e. The molecule has 1 aromatic rings. The van der Waals surface area contributed by atoms with Gasteiger partial charge in [0.1, 0.15) is 0 Å². The van der Waals surface area contributed by atoms with E-state index in [2.05, 4.69) is 12.3 Å². The van der Waals surface area contributed by atoms with Crippen LogP contribution in [0.2, 0.25) is 0 Å². The molecule has 0 aliphatic carbocycles. The Bertz CT molecular complexity index is 222. The van der Waals surface area contributed by atoms with Crippen LogP contribution < -0.4 is 11.5 Å². The van der Waals surface area contributed by atoms with Gasteiger partial charge in [-0.25, -0.2) is 0 Å². The van der Waals surface area contributed by atoms with Crippen molar-refractivity contribution in [2.45, 2.75) is 10.3 Å². The van der Waals surface area contributed by atoms with Gasteiger partial charge in [-0.1, -0.05) is 0 Å². The maximum absolute atomic E-state index is 5.74. The lowest BCUT2D eigenvalue weighted by Crippen LogP contribution is -2.19. The molecule has 0 bridgehead atoms. The zero-order chi connectivity index (χ0) is 8.27. The fraction of sp³-hybridized carbons (Fsp3) is 0.429. The average Bonchev–Trinajstić information content (AvgIpc) is 2.50. The Labute approximate surface area is 75.0 Å². The summed E-state index contributed by atoms with van der Waals surface area (Å²) in [5, 5.41) is 0. The zero-order valence-corrected chi connectivity index (χ0v) is 8.04. The van der Waals surface area contributed by atoms with Crippen LogP contribution in [0.4, 0.5) is 0 Å².